The first-order valence-electron chi connectivity index (χ1n) is 6.86. The zero-order valence-corrected chi connectivity index (χ0v) is 13.7. The number of rotatable bonds is 2. The number of fused-ring (bicyclic) bond motifs is 1. The molecule has 0 spiro atoms. The molecule has 0 aliphatic rings. The highest BCUT2D eigenvalue weighted by molar-refractivity contribution is 9.10. The van der Waals surface area contributed by atoms with Gasteiger partial charge in [0.2, 0.25) is 0 Å². The van der Waals surface area contributed by atoms with Crippen LogP contribution in [0.2, 0.25) is 0 Å². The van der Waals surface area contributed by atoms with E-state index >= 15 is 0 Å². The molecule has 0 amide bonds. The van der Waals surface area contributed by atoms with Crippen molar-refractivity contribution < 1.29 is 0 Å². The third-order valence-electron chi connectivity index (χ3n) is 3.90. The summed E-state index contributed by atoms with van der Waals surface area (Å²) in [6, 6.07) is 13.2. The van der Waals surface area contributed by atoms with Crippen molar-refractivity contribution in [2.75, 3.05) is 0 Å². The largest absolute Gasteiger partial charge is 0.343 e. The molecule has 0 fully saturated rings. The summed E-state index contributed by atoms with van der Waals surface area (Å²) in [5, 5.41) is 1.28. The van der Waals surface area contributed by atoms with Crippen molar-refractivity contribution in [3.05, 3.63) is 69.3 Å². The second-order valence-electron chi connectivity index (χ2n) is 5.52. The van der Waals surface area contributed by atoms with Gasteiger partial charge in [-0.3, -0.25) is 0 Å². The Kier molecular flexibility index (Phi) is 3.43. The highest BCUT2D eigenvalue weighted by atomic mass is 79.9. The summed E-state index contributed by atoms with van der Waals surface area (Å²) >= 11 is 3.53. The average Bonchev–Trinajstić information content (AvgIpc) is 2.76. The fourth-order valence-electron chi connectivity index (χ4n) is 2.94. The van der Waals surface area contributed by atoms with Crippen molar-refractivity contribution in [2.45, 2.75) is 27.3 Å². The fraction of sp³-hybridized carbons (Fsp3) is 0.222. The van der Waals surface area contributed by atoms with Crippen molar-refractivity contribution >= 4 is 26.8 Å². The summed E-state index contributed by atoms with van der Waals surface area (Å²) in [5.41, 5.74) is 6.80. The van der Waals surface area contributed by atoms with E-state index in [0.717, 1.165) is 11.0 Å². The first-order valence-corrected chi connectivity index (χ1v) is 7.65. The van der Waals surface area contributed by atoms with Crippen LogP contribution in [0, 0.1) is 20.8 Å². The molecule has 3 rings (SSSR count). The molecule has 1 aromatic heterocycles. The lowest BCUT2D eigenvalue weighted by molar-refractivity contribution is 0.823. The first kappa shape index (κ1) is 13.4. The lowest BCUT2D eigenvalue weighted by Crippen LogP contribution is -2.03. The number of benzene rings is 2. The first-order chi connectivity index (χ1) is 9.54. The molecule has 0 aliphatic carbocycles. The summed E-state index contributed by atoms with van der Waals surface area (Å²) < 4.78 is 3.46. The van der Waals surface area contributed by atoms with Gasteiger partial charge in [-0.15, -0.1) is 0 Å². The van der Waals surface area contributed by atoms with Gasteiger partial charge in [-0.1, -0.05) is 33.6 Å². The van der Waals surface area contributed by atoms with E-state index in [1.165, 1.54) is 33.2 Å². The standard InChI is InChI=1S/C18H18BrN/c1-12-8-13(2)17(14(3)9-12)11-20-7-6-15-10-16(19)4-5-18(15)20/h4-10H,11H2,1-3H3. The molecule has 0 aliphatic heterocycles. The molecule has 0 radical (unpaired) electrons. The van der Waals surface area contributed by atoms with E-state index in [-0.39, 0.29) is 0 Å². The summed E-state index contributed by atoms with van der Waals surface area (Å²) in [7, 11) is 0. The molecule has 0 unspecified atom stereocenters. The van der Waals surface area contributed by atoms with Crippen LogP contribution in [-0.2, 0) is 6.54 Å². The van der Waals surface area contributed by atoms with Crippen LogP contribution in [0.1, 0.15) is 22.3 Å². The Hall–Kier alpha value is -1.54. The van der Waals surface area contributed by atoms with E-state index in [1.807, 2.05) is 0 Å². The molecule has 1 nitrogen and oxygen atoms in total. The minimum absolute atomic E-state index is 0.934. The molecule has 0 atom stereocenters. The third kappa shape index (κ3) is 2.40. The number of nitrogens with zero attached hydrogens (tertiary/aromatic N) is 1. The third-order valence-corrected chi connectivity index (χ3v) is 4.40. The van der Waals surface area contributed by atoms with E-state index in [4.69, 9.17) is 0 Å². The van der Waals surface area contributed by atoms with Gasteiger partial charge in [0.1, 0.15) is 0 Å². The number of aromatic nitrogens is 1. The normalized spacial score (nSPS) is 11.2. The van der Waals surface area contributed by atoms with Gasteiger partial charge < -0.3 is 4.57 Å². The zero-order valence-electron chi connectivity index (χ0n) is 12.1. The number of hydrogen-bond acceptors (Lipinski definition) is 0. The Balaban J connectivity index is 2.06. The second-order valence-corrected chi connectivity index (χ2v) is 6.44. The Bertz CT molecular complexity index is 760. The van der Waals surface area contributed by atoms with Crippen molar-refractivity contribution in [1.82, 2.24) is 4.57 Å². The van der Waals surface area contributed by atoms with Gasteiger partial charge >= 0.3 is 0 Å². The van der Waals surface area contributed by atoms with Crippen molar-refractivity contribution in [1.29, 1.82) is 0 Å². The van der Waals surface area contributed by atoms with Crippen LogP contribution in [0.15, 0.2) is 47.1 Å². The number of aryl methyl sites for hydroxylation is 3. The van der Waals surface area contributed by atoms with Crippen LogP contribution in [0.3, 0.4) is 0 Å². The predicted molar refractivity (Wildman–Crippen MR) is 89.4 cm³/mol. The lowest BCUT2D eigenvalue weighted by Gasteiger charge is -2.13. The Morgan fingerprint density at radius 1 is 0.950 bits per heavy atom. The van der Waals surface area contributed by atoms with Crippen molar-refractivity contribution in [2.24, 2.45) is 0 Å². The number of halogens is 1. The Morgan fingerprint density at radius 2 is 1.65 bits per heavy atom. The van der Waals surface area contributed by atoms with Gasteiger partial charge in [0.05, 0.1) is 0 Å². The molecule has 2 heteroatoms. The molecule has 0 N–H and O–H groups in total. The molecular formula is C18H18BrN. The van der Waals surface area contributed by atoms with Gasteiger partial charge in [-0.25, -0.2) is 0 Å². The SMILES string of the molecule is Cc1cc(C)c(Cn2ccc3cc(Br)ccc32)c(C)c1. The molecule has 20 heavy (non-hydrogen) atoms. The van der Waals surface area contributed by atoms with E-state index in [9.17, 15) is 0 Å². The minimum atomic E-state index is 0.934. The lowest BCUT2D eigenvalue weighted by atomic mass is 10.00. The van der Waals surface area contributed by atoms with Crippen LogP contribution in [0.4, 0.5) is 0 Å². The highest BCUT2D eigenvalue weighted by Crippen LogP contribution is 2.24. The molecule has 0 saturated carbocycles. The number of hydrogen-bond donors (Lipinski definition) is 0. The average molecular weight is 328 g/mol. The van der Waals surface area contributed by atoms with E-state index in [2.05, 4.69) is 83.9 Å². The van der Waals surface area contributed by atoms with Crippen LogP contribution in [0.25, 0.3) is 10.9 Å². The molecule has 0 bridgehead atoms. The maximum Gasteiger partial charge on any atom is 0.0484 e. The van der Waals surface area contributed by atoms with Gasteiger partial charge in [-0.05, 0) is 61.7 Å². The predicted octanol–water partition coefficient (Wildman–Crippen LogP) is 5.38. The molecule has 2 aromatic carbocycles. The maximum absolute atomic E-state index is 3.53. The topological polar surface area (TPSA) is 4.93 Å². The summed E-state index contributed by atoms with van der Waals surface area (Å²) in [4.78, 5) is 0. The molecule has 1 heterocycles. The highest BCUT2D eigenvalue weighted by Gasteiger charge is 2.07. The summed E-state index contributed by atoms with van der Waals surface area (Å²) in [6.07, 6.45) is 2.18. The summed E-state index contributed by atoms with van der Waals surface area (Å²) in [6.45, 7) is 7.50. The Morgan fingerprint density at radius 3 is 2.35 bits per heavy atom. The quantitative estimate of drug-likeness (QED) is 0.595. The fourth-order valence-corrected chi connectivity index (χ4v) is 3.32. The van der Waals surface area contributed by atoms with Crippen LogP contribution < -0.4 is 0 Å². The van der Waals surface area contributed by atoms with E-state index in [0.29, 0.717) is 0 Å². The van der Waals surface area contributed by atoms with E-state index in [1.54, 1.807) is 0 Å². The van der Waals surface area contributed by atoms with Gasteiger partial charge in [-0.2, -0.15) is 0 Å². The monoisotopic (exact) mass is 327 g/mol. The summed E-state index contributed by atoms with van der Waals surface area (Å²) in [5.74, 6) is 0. The maximum atomic E-state index is 3.53. The van der Waals surface area contributed by atoms with Crippen LogP contribution >= 0.6 is 15.9 Å². The van der Waals surface area contributed by atoms with Crippen LogP contribution in [-0.4, -0.2) is 4.57 Å². The molecule has 0 saturated heterocycles. The minimum Gasteiger partial charge on any atom is -0.343 e. The van der Waals surface area contributed by atoms with Gasteiger partial charge in [0.25, 0.3) is 0 Å². The van der Waals surface area contributed by atoms with Gasteiger partial charge in [0, 0.05) is 28.1 Å². The second kappa shape index (κ2) is 5.10. The van der Waals surface area contributed by atoms with Crippen molar-refractivity contribution in [3.63, 3.8) is 0 Å². The van der Waals surface area contributed by atoms with Gasteiger partial charge in [0.15, 0.2) is 0 Å². The Labute approximate surface area is 128 Å². The molecule has 3 aromatic rings. The molecular weight excluding hydrogens is 310 g/mol. The smallest absolute Gasteiger partial charge is 0.0484 e. The molecule has 102 valence electrons. The van der Waals surface area contributed by atoms with Crippen molar-refractivity contribution in [3.8, 4) is 0 Å². The van der Waals surface area contributed by atoms with E-state index < -0.39 is 0 Å². The van der Waals surface area contributed by atoms with Crippen LogP contribution in [0.5, 0.6) is 0 Å². The zero-order chi connectivity index (χ0) is 14.3.